The summed E-state index contributed by atoms with van der Waals surface area (Å²) in [4.78, 5) is 17.1. The maximum atomic E-state index is 12.6. The van der Waals surface area contributed by atoms with E-state index < -0.39 is 0 Å². The number of aromatic nitrogens is 1. The van der Waals surface area contributed by atoms with E-state index >= 15 is 0 Å². The van der Waals surface area contributed by atoms with Crippen LogP contribution in [-0.2, 0) is 6.42 Å². The van der Waals surface area contributed by atoms with Crippen LogP contribution in [0, 0.1) is 13.8 Å². The van der Waals surface area contributed by atoms with Gasteiger partial charge in [-0.15, -0.1) is 0 Å². The predicted molar refractivity (Wildman–Crippen MR) is 85.7 cm³/mol. The van der Waals surface area contributed by atoms with Gasteiger partial charge in [-0.2, -0.15) is 0 Å². The number of carbonyl (C=O) groups excluding carboxylic acids is 1. The molecule has 2 nitrogen and oxygen atoms in total. The molecule has 0 N–H and O–H groups in total. The lowest BCUT2D eigenvalue weighted by atomic mass is 9.98. The number of benzene rings is 2. The maximum absolute atomic E-state index is 12.6. The largest absolute Gasteiger partial charge is 0.294 e. The number of aryl methyl sites for hydroxylation is 2. The molecule has 104 valence electrons. The number of nitrogens with zero attached hydrogens (tertiary/aromatic N) is 1. The first-order chi connectivity index (χ1) is 10.1. The summed E-state index contributed by atoms with van der Waals surface area (Å²) in [5, 5.41) is 0.931. The van der Waals surface area contributed by atoms with Crippen LogP contribution in [0.1, 0.15) is 27.2 Å². The summed E-state index contributed by atoms with van der Waals surface area (Å²) in [7, 11) is 0. The summed E-state index contributed by atoms with van der Waals surface area (Å²) in [6, 6.07) is 17.8. The Hall–Kier alpha value is -2.48. The Morgan fingerprint density at radius 3 is 2.48 bits per heavy atom. The summed E-state index contributed by atoms with van der Waals surface area (Å²) in [5.41, 5.74) is 4.77. The van der Waals surface area contributed by atoms with Crippen LogP contribution in [0.5, 0.6) is 0 Å². The highest BCUT2D eigenvalue weighted by Crippen LogP contribution is 2.20. The molecule has 21 heavy (non-hydrogen) atoms. The predicted octanol–water partition coefficient (Wildman–Crippen LogP) is 4.28. The molecule has 2 heteroatoms. The van der Waals surface area contributed by atoms with Gasteiger partial charge in [0.25, 0.3) is 0 Å². The van der Waals surface area contributed by atoms with Crippen molar-refractivity contribution in [2.45, 2.75) is 20.3 Å². The Morgan fingerprint density at radius 2 is 1.71 bits per heavy atom. The van der Waals surface area contributed by atoms with E-state index in [4.69, 9.17) is 0 Å². The van der Waals surface area contributed by atoms with Crippen molar-refractivity contribution in [3.05, 3.63) is 77.0 Å². The summed E-state index contributed by atoms with van der Waals surface area (Å²) in [6.45, 7) is 3.97. The first-order valence-corrected chi connectivity index (χ1v) is 7.08. The van der Waals surface area contributed by atoms with Gasteiger partial charge in [-0.05, 0) is 31.5 Å². The number of carbonyl (C=O) groups is 1. The Balaban J connectivity index is 1.99. The average Bonchev–Trinajstić information content (AvgIpc) is 2.48. The molecular weight excluding hydrogens is 258 g/mol. The Bertz CT molecular complexity index is 803. The minimum Gasteiger partial charge on any atom is -0.294 e. The minimum absolute atomic E-state index is 0.139. The van der Waals surface area contributed by atoms with Gasteiger partial charge < -0.3 is 0 Å². The number of ketones is 1. The number of hydrogen-bond donors (Lipinski definition) is 0. The molecule has 0 fully saturated rings. The standard InChI is InChI=1S/C19H17NO/c1-13-7-9-15(10-8-13)12-19(21)17-11-14(2)20-18-6-4-3-5-16(17)18/h3-11H,12H2,1-2H3. The maximum Gasteiger partial charge on any atom is 0.167 e. The summed E-state index contributed by atoms with van der Waals surface area (Å²) in [5.74, 6) is 0.139. The van der Waals surface area contributed by atoms with Gasteiger partial charge >= 0.3 is 0 Å². The highest BCUT2D eigenvalue weighted by atomic mass is 16.1. The van der Waals surface area contributed by atoms with Crippen molar-refractivity contribution in [1.82, 2.24) is 4.98 Å². The molecule has 0 amide bonds. The highest BCUT2D eigenvalue weighted by molar-refractivity contribution is 6.08. The zero-order valence-electron chi connectivity index (χ0n) is 12.3. The van der Waals surface area contributed by atoms with Crippen molar-refractivity contribution >= 4 is 16.7 Å². The molecular formula is C19H17NO. The van der Waals surface area contributed by atoms with Crippen molar-refractivity contribution in [3.63, 3.8) is 0 Å². The van der Waals surface area contributed by atoms with E-state index in [1.54, 1.807) is 0 Å². The molecule has 0 aliphatic carbocycles. The topological polar surface area (TPSA) is 30.0 Å². The zero-order chi connectivity index (χ0) is 14.8. The summed E-state index contributed by atoms with van der Waals surface area (Å²) in [6.07, 6.45) is 0.424. The normalized spacial score (nSPS) is 10.8. The number of para-hydroxylation sites is 1. The van der Waals surface area contributed by atoms with Crippen LogP contribution in [-0.4, -0.2) is 10.8 Å². The van der Waals surface area contributed by atoms with E-state index in [2.05, 4.69) is 4.98 Å². The first kappa shape index (κ1) is 13.5. The summed E-state index contributed by atoms with van der Waals surface area (Å²) < 4.78 is 0. The molecule has 0 bridgehead atoms. The number of hydrogen-bond acceptors (Lipinski definition) is 2. The SMILES string of the molecule is Cc1ccc(CC(=O)c2cc(C)nc3ccccc23)cc1. The first-order valence-electron chi connectivity index (χ1n) is 7.08. The van der Waals surface area contributed by atoms with E-state index in [0.29, 0.717) is 6.42 Å². The average molecular weight is 275 g/mol. The van der Waals surface area contributed by atoms with E-state index in [-0.39, 0.29) is 5.78 Å². The molecule has 0 aliphatic rings. The monoisotopic (exact) mass is 275 g/mol. The molecule has 2 aromatic carbocycles. The number of pyridine rings is 1. The Kier molecular flexibility index (Phi) is 3.53. The molecule has 3 aromatic rings. The molecule has 0 aliphatic heterocycles. The van der Waals surface area contributed by atoms with Gasteiger partial charge in [0.05, 0.1) is 5.52 Å². The van der Waals surface area contributed by atoms with Crippen LogP contribution < -0.4 is 0 Å². The lowest BCUT2D eigenvalue weighted by molar-refractivity contribution is 0.0994. The van der Waals surface area contributed by atoms with Crippen molar-refractivity contribution in [1.29, 1.82) is 0 Å². The van der Waals surface area contributed by atoms with Crippen molar-refractivity contribution in [3.8, 4) is 0 Å². The molecule has 0 saturated heterocycles. The molecule has 3 rings (SSSR count). The number of Topliss-reactive ketones (excluding diaryl/α,β-unsaturated/α-hetero) is 1. The van der Waals surface area contributed by atoms with Gasteiger partial charge in [0.2, 0.25) is 0 Å². The quantitative estimate of drug-likeness (QED) is 0.668. The van der Waals surface area contributed by atoms with Crippen LogP contribution >= 0.6 is 0 Å². The Morgan fingerprint density at radius 1 is 1.00 bits per heavy atom. The number of fused-ring (bicyclic) bond motifs is 1. The molecule has 0 atom stereocenters. The van der Waals surface area contributed by atoms with Crippen LogP contribution in [0.4, 0.5) is 0 Å². The third-order valence-corrected chi connectivity index (χ3v) is 3.63. The fraction of sp³-hybridized carbons (Fsp3) is 0.158. The van der Waals surface area contributed by atoms with Gasteiger partial charge in [0.15, 0.2) is 5.78 Å². The molecule has 0 unspecified atom stereocenters. The molecule has 0 spiro atoms. The third-order valence-electron chi connectivity index (χ3n) is 3.63. The fourth-order valence-corrected chi connectivity index (χ4v) is 2.53. The van der Waals surface area contributed by atoms with Gasteiger partial charge in [0.1, 0.15) is 0 Å². The molecule has 0 radical (unpaired) electrons. The molecule has 1 heterocycles. The van der Waals surface area contributed by atoms with Crippen LogP contribution in [0.25, 0.3) is 10.9 Å². The molecule has 0 saturated carbocycles. The second-order valence-corrected chi connectivity index (χ2v) is 5.41. The lowest BCUT2D eigenvalue weighted by Gasteiger charge is -2.07. The minimum atomic E-state index is 0.139. The third kappa shape index (κ3) is 2.84. The van der Waals surface area contributed by atoms with E-state index in [1.165, 1.54) is 5.56 Å². The Labute approximate surface area is 124 Å². The van der Waals surface area contributed by atoms with E-state index in [1.807, 2.05) is 68.4 Å². The summed E-state index contributed by atoms with van der Waals surface area (Å²) >= 11 is 0. The van der Waals surface area contributed by atoms with Gasteiger partial charge in [-0.3, -0.25) is 9.78 Å². The van der Waals surface area contributed by atoms with Crippen LogP contribution in [0.15, 0.2) is 54.6 Å². The second kappa shape index (κ2) is 5.49. The van der Waals surface area contributed by atoms with E-state index in [9.17, 15) is 4.79 Å². The zero-order valence-corrected chi connectivity index (χ0v) is 12.3. The fourth-order valence-electron chi connectivity index (χ4n) is 2.53. The van der Waals surface area contributed by atoms with Crippen LogP contribution in [0.2, 0.25) is 0 Å². The molecule has 1 aromatic heterocycles. The van der Waals surface area contributed by atoms with E-state index in [0.717, 1.165) is 27.7 Å². The van der Waals surface area contributed by atoms with Gasteiger partial charge in [0, 0.05) is 23.1 Å². The van der Waals surface area contributed by atoms with Crippen molar-refractivity contribution in [2.75, 3.05) is 0 Å². The smallest absolute Gasteiger partial charge is 0.167 e. The number of rotatable bonds is 3. The van der Waals surface area contributed by atoms with Gasteiger partial charge in [-0.1, -0.05) is 48.0 Å². The van der Waals surface area contributed by atoms with Crippen molar-refractivity contribution < 1.29 is 4.79 Å². The highest BCUT2D eigenvalue weighted by Gasteiger charge is 2.12. The van der Waals surface area contributed by atoms with Crippen LogP contribution in [0.3, 0.4) is 0 Å². The van der Waals surface area contributed by atoms with Gasteiger partial charge in [-0.25, -0.2) is 0 Å². The second-order valence-electron chi connectivity index (χ2n) is 5.41. The lowest BCUT2D eigenvalue weighted by Crippen LogP contribution is -2.05. The van der Waals surface area contributed by atoms with Crippen molar-refractivity contribution in [2.24, 2.45) is 0 Å².